The molecule has 5 N–H and O–H groups in total. The van der Waals surface area contributed by atoms with Crippen molar-refractivity contribution in [1.29, 1.82) is 0 Å². The van der Waals surface area contributed by atoms with Crippen molar-refractivity contribution in [1.82, 2.24) is 16.0 Å². The highest BCUT2D eigenvalue weighted by molar-refractivity contribution is 5.97. The van der Waals surface area contributed by atoms with E-state index >= 15 is 0 Å². The van der Waals surface area contributed by atoms with Crippen LogP contribution in [-0.2, 0) is 14.4 Å². The number of carbonyl (C=O) groups excluding carboxylic acids is 3. The van der Waals surface area contributed by atoms with Crippen LogP contribution in [0.5, 0.6) is 0 Å². The molecule has 0 bridgehead atoms. The second-order valence-electron chi connectivity index (χ2n) is 5.20. The molecule has 1 saturated heterocycles. The van der Waals surface area contributed by atoms with E-state index in [0.717, 1.165) is 0 Å². The number of rotatable bonds is 3. The van der Waals surface area contributed by atoms with E-state index in [1.54, 1.807) is 13.8 Å². The van der Waals surface area contributed by atoms with Crippen molar-refractivity contribution < 1.29 is 24.6 Å². The van der Waals surface area contributed by atoms with Crippen LogP contribution < -0.4 is 16.0 Å². The SMILES string of the molecule is CC(C)[C@@H]1NC(=O)[C@H]([C@@H](C)O)NC(=O)[C@H](CO)NC1=O. The van der Waals surface area contributed by atoms with Crippen LogP contribution >= 0.6 is 0 Å². The molecule has 3 amide bonds. The summed E-state index contributed by atoms with van der Waals surface area (Å²) in [6.07, 6.45) is -1.13. The number of aliphatic hydroxyl groups excluding tert-OH is 2. The average molecular weight is 287 g/mol. The normalized spacial score (nSPS) is 29.7. The van der Waals surface area contributed by atoms with E-state index in [-0.39, 0.29) is 5.92 Å². The maximum atomic E-state index is 12.0. The van der Waals surface area contributed by atoms with Gasteiger partial charge in [0.1, 0.15) is 18.1 Å². The molecule has 1 aliphatic heterocycles. The second-order valence-corrected chi connectivity index (χ2v) is 5.20. The van der Waals surface area contributed by atoms with Gasteiger partial charge in [-0.3, -0.25) is 14.4 Å². The van der Waals surface area contributed by atoms with Gasteiger partial charge in [0.2, 0.25) is 17.7 Å². The first-order valence-corrected chi connectivity index (χ1v) is 6.48. The van der Waals surface area contributed by atoms with Gasteiger partial charge in [0.25, 0.3) is 0 Å². The first kappa shape index (κ1) is 16.4. The number of amides is 3. The van der Waals surface area contributed by atoms with Crippen LogP contribution in [0.3, 0.4) is 0 Å². The highest BCUT2D eigenvalue weighted by Gasteiger charge is 2.36. The van der Waals surface area contributed by atoms with E-state index in [1.807, 2.05) is 0 Å². The predicted molar refractivity (Wildman–Crippen MR) is 69.4 cm³/mol. The molecule has 0 spiro atoms. The van der Waals surface area contributed by atoms with E-state index in [2.05, 4.69) is 16.0 Å². The maximum Gasteiger partial charge on any atom is 0.245 e. The minimum atomic E-state index is -1.18. The second kappa shape index (κ2) is 6.67. The van der Waals surface area contributed by atoms with Crippen molar-refractivity contribution in [3.8, 4) is 0 Å². The highest BCUT2D eigenvalue weighted by Crippen LogP contribution is 2.06. The Balaban J connectivity index is 3.09. The standard InChI is InChI=1S/C12H21N3O5/c1-5(2)8-11(19)13-7(4-16)10(18)15-9(6(3)17)12(20)14-8/h5-9,16-17H,4H2,1-3H3,(H,13,19)(H,14,20)(H,15,18)/t6-,7+,8+,9+/m1/s1. The molecule has 1 aliphatic rings. The van der Waals surface area contributed by atoms with Gasteiger partial charge in [0, 0.05) is 0 Å². The Morgan fingerprint density at radius 3 is 1.90 bits per heavy atom. The molecular weight excluding hydrogens is 266 g/mol. The maximum absolute atomic E-state index is 12.0. The Morgan fingerprint density at radius 1 is 0.950 bits per heavy atom. The van der Waals surface area contributed by atoms with Crippen LogP contribution in [0.1, 0.15) is 20.8 Å². The summed E-state index contributed by atoms with van der Waals surface area (Å²) in [7, 11) is 0. The lowest BCUT2D eigenvalue weighted by molar-refractivity contribution is -0.132. The van der Waals surface area contributed by atoms with Gasteiger partial charge in [-0.05, 0) is 12.8 Å². The monoisotopic (exact) mass is 287 g/mol. The zero-order valence-electron chi connectivity index (χ0n) is 11.7. The molecule has 0 unspecified atom stereocenters. The lowest BCUT2D eigenvalue weighted by Gasteiger charge is -2.23. The Kier molecular flexibility index (Phi) is 5.46. The minimum Gasteiger partial charge on any atom is -0.394 e. The summed E-state index contributed by atoms with van der Waals surface area (Å²) in [6.45, 7) is 4.24. The van der Waals surface area contributed by atoms with Crippen molar-refractivity contribution in [2.24, 2.45) is 5.92 Å². The van der Waals surface area contributed by atoms with Gasteiger partial charge in [0.15, 0.2) is 0 Å². The van der Waals surface area contributed by atoms with E-state index < -0.39 is 48.6 Å². The molecule has 0 aromatic rings. The third-order valence-corrected chi connectivity index (χ3v) is 3.13. The Labute approximate surface area is 116 Å². The molecule has 0 aliphatic carbocycles. The van der Waals surface area contributed by atoms with Crippen molar-refractivity contribution in [2.45, 2.75) is 45.0 Å². The molecule has 114 valence electrons. The molecule has 8 nitrogen and oxygen atoms in total. The average Bonchev–Trinajstić information content (AvgIpc) is 2.40. The van der Waals surface area contributed by atoms with E-state index in [9.17, 15) is 19.5 Å². The fraction of sp³-hybridized carbons (Fsp3) is 0.750. The molecule has 0 radical (unpaired) electrons. The van der Waals surface area contributed by atoms with Crippen molar-refractivity contribution in [3.63, 3.8) is 0 Å². The lowest BCUT2D eigenvalue weighted by atomic mass is 10.0. The summed E-state index contributed by atoms with van der Waals surface area (Å²) in [5, 5.41) is 25.9. The van der Waals surface area contributed by atoms with Gasteiger partial charge in [0.05, 0.1) is 12.7 Å². The number of hydrogen-bond acceptors (Lipinski definition) is 5. The molecule has 1 heterocycles. The summed E-state index contributed by atoms with van der Waals surface area (Å²) in [5.41, 5.74) is 0. The van der Waals surface area contributed by atoms with Gasteiger partial charge in [-0.2, -0.15) is 0 Å². The third kappa shape index (κ3) is 3.67. The Morgan fingerprint density at radius 2 is 1.45 bits per heavy atom. The molecule has 1 rings (SSSR count). The molecule has 1 fully saturated rings. The molecule has 0 saturated carbocycles. The topological polar surface area (TPSA) is 128 Å². The van der Waals surface area contributed by atoms with Gasteiger partial charge < -0.3 is 26.2 Å². The lowest BCUT2D eigenvalue weighted by Crippen LogP contribution is -2.56. The number of carbonyl (C=O) groups is 3. The first-order chi connectivity index (χ1) is 9.27. The summed E-state index contributed by atoms with van der Waals surface area (Å²) in [5.74, 6) is -2.11. The van der Waals surface area contributed by atoms with E-state index in [4.69, 9.17) is 5.11 Å². The van der Waals surface area contributed by atoms with Crippen LogP contribution in [-0.4, -0.2) is 58.8 Å². The fourth-order valence-electron chi connectivity index (χ4n) is 1.89. The van der Waals surface area contributed by atoms with E-state index in [1.165, 1.54) is 6.92 Å². The quantitative estimate of drug-likeness (QED) is 0.391. The Bertz CT molecular complexity index is 391. The highest BCUT2D eigenvalue weighted by atomic mass is 16.3. The van der Waals surface area contributed by atoms with Crippen molar-refractivity contribution in [2.75, 3.05) is 6.61 Å². The summed E-state index contributed by atoms with van der Waals surface area (Å²) >= 11 is 0. The van der Waals surface area contributed by atoms with Gasteiger partial charge >= 0.3 is 0 Å². The molecular formula is C12H21N3O5. The number of hydrogen-bond donors (Lipinski definition) is 5. The zero-order valence-corrected chi connectivity index (χ0v) is 11.7. The first-order valence-electron chi connectivity index (χ1n) is 6.48. The van der Waals surface area contributed by atoms with Crippen LogP contribution in [0.4, 0.5) is 0 Å². The van der Waals surface area contributed by atoms with Gasteiger partial charge in [-0.1, -0.05) is 13.8 Å². The van der Waals surface area contributed by atoms with Crippen LogP contribution in [0.2, 0.25) is 0 Å². The Hall–Kier alpha value is -1.67. The van der Waals surface area contributed by atoms with Crippen LogP contribution in [0.25, 0.3) is 0 Å². The molecule has 8 heteroatoms. The summed E-state index contributed by atoms with van der Waals surface area (Å²) in [6, 6.07) is -3.17. The van der Waals surface area contributed by atoms with Crippen LogP contribution in [0.15, 0.2) is 0 Å². The summed E-state index contributed by atoms with van der Waals surface area (Å²) in [4.78, 5) is 35.9. The largest absolute Gasteiger partial charge is 0.394 e. The molecule has 4 atom stereocenters. The van der Waals surface area contributed by atoms with Gasteiger partial charge in [-0.15, -0.1) is 0 Å². The molecule has 20 heavy (non-hydrogen) atoms. The number of aliphatic hydroxyl groups is 2. The predicted octanol–water partition coefficient (Wildman–Crippen LogP) is -2.52. The molecule has 0 aromatic carbocycles. The number of nitrogens with one attached hydrogen (secondary N) is 3. The van der Waals surface area contributed by atoms with E-state index in [0.29, 0.717) is 0 Å². The zero-order chi connectivity index (χ0) is 15.4. The summed E-state index contributed by atoms with van der Waals surface area (Å²) < 4.78 is 0. The minimum absolute atomic E-state index is 0.207. The van der Waals surface area contributed by atoms with Crippen molar-refractivity contribution >= 4 is 17.7 Å². The molecule has 0 aromatic heterocycles. The van der Waals surface area contributed by atoms with Crippen LogP contribution in [0, 0.1) is 5.92 Å². The fourth-order valence-corrected chi connectivity index (χ4v) is 1.89. The van der Waals surface area contributed by atoms with Gasteiger partial charge in [-0.25, -0.2) is 0 Å². The van der Waals surface area contributed by atoms with Crippen molar-refractivity contribution in [3.05, 3.63) is 0 Å². The third-order valence-electron chi connectivity index (χ3n) is 3.13. The smallest absolute Gasteiger partial charge is 0.245 e.